The monoisotopic (exact) mass is 415 g/mol. The van der Waals surface area contributed by atoms with Gasteiger partial charge >= 0.3 is 0 Å². The van der Waals surface area contributed by atoms with Gasteiger partial charge in [0.15, 0.2) is 5.78 Å². The van der Waals surface area contributed by atoms with Crippen molar-refractivity contribution in [2.75, 3.05) is 0 Å². The summed E-state index contributed by atoms with van der Waals surface area (Å²) in [6, 6.07) is 5.18. The SMILES string of the molecule is C[C@H](C(=O)C(Cl)(Cl)Cl)[C@H](NS(=O)(=O)c1cccs1)c1ccco1. The Hall–Kier alpha value is -0.570. The molecule has 0 amide bonds. The molecule has 0 saturated heterocycles. The lowest BCUT2D eigenvalue weighted by atomic mass is 9.96. The van der Waals surface area contributed by atoms with E-state index in [1.54, 1.807) is 23.6 Å². The van der Waals surface area contributed by atoms with E-state index < -0.39 is 31.6 Å². The maximum atomic E-state index is 12.4. The van der Waals surface area contributed by atoms with E-state index in [9.17, 15) is 13.2 Å². The molecule has 0 saturated carbocycles. The lowest BCUT2D eigenvalue weighted by Crippen LogP contribution is -2.38. The molecular weight excluding hydrogens is 405 g/mol. The van der Waals surface area contributed by atoms with Crippen molar-refractivity contribution in [1.82, 2.24) is 4.72 Å². The van der Waals surface area contributed by atoms with Crippen LogP contribution in [0.15, 0.2) is 44.5 Å². The molecule has 2 heterocycles. The number of sulfonamides is 1. The van der Waals surface area contributed by atoms with Crippen molar-refractivity contribution in [3.63, 3.8) is 0 Å². The van der Waals surface area contributed by atoms with Gasteiger partial charge in [0.25, 0.3) is 10.0 Å². The van der Waals surface area contributed by atoms with E-state index in [2.05, 4.69) is 4.72 Å². The predicted molar refractivity (Wildman–Crippen MR) is 90.6 cm³/mol. The fraction of sp³-hybridized carbons (Fsp3) is 0.308. The van der Waals surface area contributed by atoms with Gasteiger partial charge in [0.2, 0.25) is 3.79 Å². The highest BCUT2D eigenvalue weighted by molar-refractivity contribution is 7.91. The summed E-state index contributed by atoms with van der Waals surface area (Å²) >= 11 is 17.9. The molecule has 2 atom stereocenters. The molecule has 0 spiro atoms. The number of halogens is 3. The average molecular weight is 417 g/mol. The minimum Gasteiger partial charge on any atom is -0.468 e. The maximum absolute atomic E-state index is 12.4. The molecule has 2 aromatic heterocycles. The van der Waals surface area contributed by atoms with E-state index in [0.29, 0.717) is 0 Å². The van der Waals surface area contributed by atoms with Gasteiger partial charge in [0, 0.05) is 5.92 Å². The van der Waals surface area contributed by atoms with Crippen LogP contribution in [0.25, 0.3) is 0 Å². The van der Waals surface area contributed by atoms with Crippen LogP contribution in [0, 0.1) is 5.92 Å². The number of Topliss-reactive ketones (excluding diaryl/α,β-unsaturated/α-hetero) is 1. The number of thiophene rings is 1. The molecule has 10 heteroatoms. The number of nitrogens with one attached hydrogen (secondary N) is 1. The standard InChI is InChI=1S/C13H12Cl3NO4S2/c1-8(12(18)13(14,15)16)11(9-4-2-6-21-9)17-23(19,20)10-5-3-7-22-10/h2-8,11,17H,1H3/t8-,11-/m0/s1. The highest BCUT2D eigenvalue weighted by Crippen LogP contribution is 2.35. The molecule has 126 valence electrons. The summed E-state index contributed by atoms with van der Waals surface area (Å²) in [6.45, 7) is 1.47. The van der Waals surface area contributed by atoms with Crippen molar-refractivity contribution < 1.29 is 17.6 Å². The highest BCUT2D eigenvalue weighted by atomic mass is 35.6. The van der Waals surface area contributed by atoms with Crippen LogP contribution < -0.4 is 4.72 Å². The smallest absolute Gasteiger partial charge is 0.250 e. The van der Waals surface area contributed by atoms with Gasteiger partial charge in [0.05, 0.1) is 12.3 Å². The summed E-state index contributed by atoms with van der Waals surface area (Å²) in [5, 5.41) is 1.63. The third-order valence-electron chi connectivity index (χ3n) is 3.08. The van der Waals surface area contributed by atoms with E-state index in [1.807, 2.05) is 0 Å². The van der Waals surface area contributed by atoms with Crippen molar-refractivity contribution >= 4 is 61.9 Å². The van der Waals surface area contributed by atoms with E-state index in [4.69, 9.17) is 39.2 Å². The molecule has 0 unspecified atom stereocenters. The Morgan fingerprint density at radius 3 is 2.48 bits per heavy atom. The number of carbonyl (C=O) groups excluding carboxylic acids is 1. The number of carbonyl (C=O) groups is 1. The normalized spacial score (nSPS) is 15.3. The topological polar surface area (TPSA) is 76.4 Å². The van der Waals surface area contributed by atoms with Crippen LogP contribution in [-0.4, -0.2) is 18.0 Å². The summed E-state index contributed by atoms with van der Waals surface area (Å²) in [5.74, 6) is -1.44. The molecule has 0 aliphatic rings. The first kappa shape index (κ1) is 18.8. The second-order valence-electron chi connectivity index (χ2n) is 4.70. The van der Waals surface area contributed by atoms with Crippen molar-refractivity contribution in [1.29, 1.82) is 0 Å². The van der Waals surface area contributed by atoms with Crippen LogP contribution in [0.5, 0.6) is 0 Å². The third kappa shape index (κ3) is 4.49. The zero-order valence-electron chi connectivity index (χ0n) is 11.7. The Bertz CT molecular complexity index is 752. The minimum absolute atomic E-state index is 0.114. The van der Waals surface area contributed by atoms with Crippen LogP contribution >= 0.6 is 46.1 Å². The van der Waals surface area contributed by atoms with Crippen molar-refractivity contribution in [3.8, 4) is 0 Å². The van der Waals surface area contributed by atoms with E-state index in [-0.39, 0.29) is 9.97 Å². The number of rotatable bonds is 6. The molecule has 0 aliphatic carbocycles. The zero-order chi connectivity index (χ0) is 17.3. The Labute approximate surface area is 152 Å². The molecule has 2 aromatic rings. The molecule has 0 aliphatic heterocycles. The van der Waals surface area contributed by atoms with Crippen LogP contribution in [0.1, 0.15) is 18.7 Å². The van der Waals surface area contributed by atoms with Gasteiger partial charge < -0.3 is 4.42 Å². The molecule has 0 fully saturated rings. The number of furan rings is 1. The largest absolute Gasteiger partial charge is 0.468 e. The van der Waals surface area contributed by atoms with E-state index in [0.717, 1.165) is 11.3 Å². The summed E-state index contributed by atoms with van der Waals surface area (Å²) in [6.07, 6.45) is 1.37. The second kappa shape index (κ2) is 7.13. The van der Waals surface area contributed by atoms with Gasteiger partial charge in [-0.15, -0.1) is 11.3 Å². The van der Waals surface area contributed by atoms with Gasteiger partial charge in [0.1, 0.15) is 9.97 Å². The van der Waals surface area contributed by atoms with Gasteiger partial charge in [-0.2, -0.15) is 4.72 Å². The van der Waals surface area contributed by atoms with Crippen LogP contribution in [0.3, 0.4) is 0 Å². The van der Waals surface area contributed by atoms with Crippen LogP contribution in [0.2, 0.25) is 0 Å². The molecule has 5 nitrogen and oxygen atoms in total. The van der Waals surface area contributed by atoms with Crippen molar-refractivity contribution in [2.24, 2.45) is 5.92 Å². The Balaban J connectivity index is 2.35. The number of alkyl halides is 3. The summed E-state index contributed by atoms with van der Waals surface area (Å²) in [4.78, 5) is 12.2. The van der Waals surface area contributed by atoms with Gasteiger partial charge in [-0.25, -0.2) is 8.42 Å². The Kier molecular flexibility index (Phi) is 5.81. The summed E-state index contributed by atoms with van der Waals surface area (Å²) in [7, 11) is -3.84. The first-order valence-electron chi connectivity index (χ1n) is 6.33. The number of hydrogen-bond donors (Lipinski definition) is 1. The molecule has 0 radical (unpaired) electrons. The first-order chi connectivity index (χ1) is 10.6. The van der Waals surface area contributed by atoms with Gasteiger partial charge in [-0.3, -0.25) is 4.79 Å². The first-order valence-corrected chi connectivity index (χ1v) is 9.83. The Morgan fingerprint density at radius 2 is 2.00 bits per heavy atom. The second-order valence-corrected chi connectivity index (χ2v) is 9.87. The van der Waals surface area contributed by atoms with Gasteiger partial charge in [-0.1, -0.05) is 47.8 Å². The predicted octanol–water partition coefficient (Wildman–Crippen LogP) is 3.94. The average Bonchev–Trinajstić information content (AvgIpc) is 3.14. The lowest BCUT2D eigenvalue weighted by molar-refractivity contribution is -0.122. The van der Waals surface area contributed by atoms with Crippen LogP contribution in [-0.2, 0) is 14.8 Å². The van der Waals surface area contributed by atoms with Crippen molar-refractivity contribution in [2.45, 2.75) is 21.0 Å². The quantitative estimate of drug-likeness (QED) is 0.724. The van der Waals surface area contributed by atoms with Crippen LogP contribution in [0.4, 0.5) is 0 Å². The zero-order valence-corrected chi connectivity index (χ0v) is 15.6. The van der Waals surface area contributed by atoms with E-state index >= 15 is 0 Å². The van der Waals surface area contributed by atoms with Gasteiger partial charge in [-0.05, 0) is 23.6 Å². The minimum atomic E-state index is -3.84. The fourth-order valence-electron chi connectivity index (χ4n) is 1.93. The fourth-order valence-corrected chi connectivity index (χ4v) is 4.74. The molecule has 1 N–H and O–H groups in total. The lowest BCUT2D eigenvalue weighted by Gasteiger charge is -2.24. The summed E-state index contributed by atoms with van der Waals surface area (Å²) in [5.41, 5.74) is 0. The highest BCUT2D eigenvalue weighted by Gasteiger charge is 2.41. The molecule has 0 bridgehead atoms. The molecule has 2 rings (SSSR count). The third-order valence-corrected chi connectivity index (χ3v) is 6.48. The van der Waals surface area contributed by atoms with E-state index in [1.165, 1.54) is 19.3 Å². The summed E-state index contributed by atoms with van der Waals surface area (Å²) < 4.78 is 30.5. The molecular formula is C13H12Cl3NO4S2. The molecule has 0 aromatic carbocycles. The molecule has 23 heavy (non-hydrogen) atoms. The number of ketones is 1. The van der Waals surface area contributed by atoms with Crippen molar-refractivity contribution in [3.05, 3.63) is 41.7 Å². The number of hydrogen-bond acceptors (Lipinski definition) is 5. The Morgan fingerprint density at radius 1 is 1.30 bits per heavy atom. The maximum Gasteiger partial charge on any atom is 0.250 e.